The van der Waals surface area contributed by atoms with Gasteiger partial charge in [-0.1, -0.05) is 50.1 Å². The van der Waals surface area contributed by atoms with Gasteiger partial charge in [-0.15, -0.1) is 0 Å². The van der Waals surface area contributed by atoms with E-state index in [9.17, 15) is 14.3 Å². The first-order chi connectivity index (χ1) is 11.6. The molecule has 2 aromatic carbocycles. The van der Waals surface area contributed by atoms with Gasteiger partial charge in [-0.25, -0.2) is 9.18 Å². The van der Waals surface area contributed by atoms with E-state index in [0.717, 1.165) is 19.3 Å². The van der Waals surface area contributed by atoms with E-state index >= 15 is 0 Å². The zero-order valence-corrected chi connectivity index (χ0v) is 13.7. The molecule has 0 bridgehead atoms. The van der Waals surface area contributed by atoms with Crippen LogP contribution in [0.5, 0.6) is 5.75 Å². The second-order valence-electron chi connectivity index (χ2n) is 5.46. The Balaban J connectivity index is 2.29. The smallest absolute Gasteiger partial charge is 0.336 e. The van der Waals surface area contributed by atoms with Gasteiger partial charge in [0.2, 0.25) is 0 Å². The molecule has 0 aliphatic carbocycles. The summed E-state index contributed by atoms with van der Waals surface area (Å²) >= 11 is 0. The molecule has 0 unspecified atom stereocenters. The molecule has 0 aromatic heterocycles. The molecule has 0 heterocycles. The third-order valence-electron chi connectivity index (χ3n) is 3.61. The van der Waals surface area contributed by atoms with Gasteiger partial charge >= 0.3 is 5.97 Å². The van der Waals surface area contributed by atoms with E-state index in [-0.39, 0.29) is 5.57 Å². The van der Waals surface area contributed by atoms with Crippen LogP contribution in [-0.4, -0.2) is 17.7 Å². The van der Waals surface area contributed by atoms with Crippen LogP contribution < -0.4 is 4.74 Å². The van der Waals surface area contributed by atoms with Gasteiger partial charge in [0.1, 0.15) is 11.6 Å². The van der Waals surface area contributed by atoms with Crippen LogP contribution >= 0.6 is 0 Å². The first-order valence-electron chi connectivity index (χ1n) is 8.04. The Hall–Kier alpha value is -2.62. The third-order valence-corrected chi connectivity index (χ3v) is 3.61. The van der Waals surface area contributed by atoms with Crippen molar-refractivity contribution in [1.82, 2.24) is 0 Å². The van der Waals surface area contributed by atoms with Crippen molar-refractivity contribution in [2.75, 3.05) is 6.61 Å². The van der Waals surface area contributed by atoms with Crippen molar-refractivity contribution < 1.29 is 19.0 Å². The SMILES string of the molecule is CCCCCOc1ccccc1/C=C(\C(=O)O)c1ccc(F)cc1. The first-order valence-corrected chi connectivity index (χ1v) is 8.04. The highest BCUT2D eigenvalue weighted by molar-refractivity contribution is 6.20. The monoisotopic (exact) mass is 328 g/mol. The number of halogens is 1. The van der Waals surface area contributed by atoms with Gasteiger partial charge in [-0.05, 0) is 36.3 Å². The number of rotatable bonds is 8. The molecule has 4 heteroatoms. The fourth-order valence-corrected chi connectivity index (χ4v) is 2.32. The van der Waals surface area contributed by atoms with Crippen LogP contribution in [0.4, 0.5) is 4.39 Å². The molecule has 2 aromatic rings. The molecule has 0 amide bonds. The fraction of sp³-hybridized carbons (Fsp3) is 0.250. The molecule has 0 aliphatic heterocycles. The molecule has 3 nitrogen and oxygen atoms in total. The Bertz CT molecular complexity index is 705. The van der Waals surface area contributed by atoms with Gasteiger partial charge in [-0.2, -0.15) is 0 Å². The lowest BCUT2D eigenvalue weighted by Gasteiger charge is -2.10. The summed E-state index contributed by atoms with van der Waals surface area (Å²) in [7, 11) is 0. The number of carbonyl (C=O) groups is 1. The molecule has 0 spiro atoms. The minimum Gasteiger partial charge on any atom is -0.493 e. The number of ether oxygens (including phenoxy) is 1. The van der Waals surface area contributed by atoms with Crippen molar-refractivity contribution in [3.63, 3.8) is 0 Å². The molecule has 0 saturated heterocycles. The zero-order chi connectivity index (χ0) is 17.4. The maximum absolute atomic E-state index is 13.1. The highest BCUT2D eigenvalue weighted by atomic mass is 19.1. The van der Waals surface area contributed by atoms with Crippen molar-refractivity contribution in [2.24, 2.45) is 0 Å². The van der Waals surface area contributed by atoms with E-state index in [2.05, 4.69) is 6.92 Å². The molecular weight excluding hydrogens is 307 g/mol. The van der Waals surface area contributed by atoms with Crippen molar-refractivity contribution >= 4 is 17.6 Å². The average molecular weight is 328 g/mol. The average Bonchev–Trinajstić information content (AvgIpc) is 2.58. The van der Waals surface area contributed by atoms with Crippen molar-refractivity contribution in [3.8, 4) is 5.75 Å². The van der Waals surface area contributed by atoms with E-state index in [1.807, 2.05) is 24.3 Å². The molecule has 0 fully saturated rings. The van der Waals surface area contributed by atoms with E-state index in [4.69, 9.17) is 4.74 Å². The quantitative estimate of drug-likeness (QED) is 0.420. The number of carboxylic acids is 1. The van der Waals surface area contributed by atoms with E-state index in [0.29, 0.717) is 23.5 Å². The van der Waals surface area contributed by atoms with Gasteiger partial charge in [-0.3, -0.25) is 0 Å². The minimum atomic E-state index is -1.07. The van der Waals surface area contributed by atoms with Gasteiger partial charge in [0, 0.05) is 5.56 Å². The summed E-state index contributed by atoms with van der Waals surface area (Å²) < 4.78 is 18.8. The Morgan fingerprint density at radius 3 is 2.50 bits per heavy atom. The lowest BCUT2D eigenvalue weighted by atomic mass is 10.0. The number of unbranched alkanes of at least 4 members (excludes halogenated alkanes) is 2. The summed E-state index contributed by atoms with van der Waals surface area (Å²) in [5, 5.41) is 9.49. The topological polar surface area (TPSA) is 46.5 Å². The lowest BCUT2D eigenvalue weighted by Crippen LogP contribution is -2.01. The summed E-state index contributed by atoms with van der Waals surface area (Å²) in [4.78, 5) is 11.6. The number of hydrogen-bond donors (Lipinski definition) is 1. The van der Waals surface area contributed by atoms with Gasteiger partial charge in [0.25, 0.3) is 0 Å². The second-order valence-corrected chi connectivity index (χ2v) is 5.46. The summed E-state index contributed by atoms with van der Waals surface area (Å²) in [6, 6.07) is 12.7. The highest BCUT2D eigenvalue weighted by Crippen LogP contribution is 2.25. The summed E-state index contributed by atoms with van der Waals surface area (Å²) in [5.41, 5.74) is 1.24. The minimum absolute atomic E-state index is 0.0969. The van der Waals surface area contributed by atoms with Crippen molar-refractivity contribution in [2.45, 2.75) is 26.2 Å². The number of carboxylic acid groups (broad SMARTS) is 1. The number of hydrogen-bond acceptors (Lipinski definition) is 2. The molecule has 0 radical (unpaired) electrons. The van der Waals surface area contributed by atoms with Crippen LogP contribution in [0, 0.1) is 5.82 Å². The second kappa shape index (κ2) is 8.87. The highest BCUT2D eigenvalue weighted by Gasteiger charge is 2.12. The standard InChI is InChI=1S/C20H21FO3/c1-2-3-6-13-24-19-8-5-4-7-16(19)14-18(20(22)23)15-9-11-17(21)12-10-15/h4-5,7-12,14H,2-3,6,13H2,1H3,(H,22,23)/b18-14-. The van der Waals surface area contributed by atoms with Gasteiger partial charge in [0.15, 0.2) is 0 Å². The van der Waals surface area contributed by atoms with E-state index in [1.165, 1.54) is 24.3 Å². The number of benzene rings is 2. The predicted molar refractivity (Wildman–Crippen MR) is 93.4 cm³/mol. The van der Waals surface area contributed by atoms with Crippen LogP contribution in [0.25, 0.3) is 11.6 Å². The number of aliphatic carboxylic acids is 1. The van der Waals surface area contributed by atoms with Crippen molar-refractivity contribution in [3.05, 3.63) is 65.5 Å². The molecule has 2 rings (SSSR count). The Morgan fingerprint density at radius 1 is 1.12 bits per heavy atom. The molecule has 1 N–H and O–H groups in total. The van der Waals surface area contributed by atoms with Crippen LogP contribution in [0.2, 0.25) is 0 Å². The Kier molecular flexibility index (Phi) is 6.55. The van der Waals surface area contributed by atoms with Crippen LogP contribution in [0.1, 0.15) is 37.3 Å². The molecule has 0 atom stereocenters. The van der Waals surface area contributed by atoms with Crippen LogP contribution in [0.15, 0.2) is 48.5 Å². The molecule has 0 aliphatic rings. The van der Waals surface area contributed by atoms with E-state index in [1.54, 1.807) is 6.08 Å². The number of para-hydroxylation sites is 1. The lowest BCUT2D eigenvalue weighted by molar-refractivity contribution is -0.130. The fourth-order valence-electron chi connectivity index (χ4n) is 2.32. The Morgan fingerprint density at radius 2 is 1.83 bits per heavy atom. The third kappa shape index (κ3) is 4.95. The Labute approximate surface area is 141 Å². The summed E-state index contributed by atoms with van der Waals surface area (Å²) in [6.07, 6.45) is 4.72. The van der Waals surface area contributed by atoms with Crippen molar-refractivity contribution in [1.29, 1.82) is 0 Å². The van der Waals surface area contributed by atoms with E-state index < -0.39 is 11.8 Å². The molecule has 24 heavy (non-hydrogen) atoms. The molecule has 126 valence electrons. The first kappa shape index (κ1) is 17.7. The van der Waals surface area contributed by atoms with Gasteiger partial charge < -0.3 is 9.84 Å². The summed E-state index contributed by atoms with van der Waals surface area (Å²) in [6.45, 7) is 2.72. The largest absolute Gasteiger partial charge is 0.493 e. The predicted octanol–water partition coefficient (Wildman–Crippen LogP) is 5.02. The summed E-state index contributed by atoms with van der Waals surface area (Å²) in [5.74, 6) is -0.819. The normalized spacial score (nSPS) is 11.3. The van der Waals surface area contributed by atoms with Gasteiger partial charge in [0.05, 0.1) is 12.2 Å². The molecule has 0 saturated carbocycles. The van der Waals surface area contributed by atoms with Crippen LogP contribution in [0.3, 0.4) is 0 Å². The maximum Gasteiger partial charge on any atom is 0.336 e. The van der Waals surface area contributed by atoms with Crippen LogP contribution in [-0.2, 0) is 4.79 Å². The maximum atomic E-state index is 13.1. The molecular formula is C20H21FO3. The zero-order valence-electron chi connectivity index (χ0n) is 13.7.